The molecule has 1 N–H and O–H groups in total. The number of anilines is 1. The number of carbonyl (C=O) groups is 1. The number of sulfonamides is 1. The highest BCUT2D eigenvalue weighted by molar-refractivity contribution is 7.89. The van der Waals surface area contributed by atoms with Crippen molar-refractivity contribution in [1.29, 1.82) is 0 Å². The number of hydrogen-bond donors (Lipinski definition) is 1. The molecular formula is C22H25N3O4S2. The van der Waals surface area contributed by atoms with Crippen molar-refractivity contribution in [1.82, 2.24) is 9.29 Å². The highest BCUT2D eigenvalue weighted by Gasteiger charge is 2.31. The Balaban J connectivity index is 1.49. The Morgan fingerprint density at radius 1 is 1.13 bits per heavy atom. The van der Waals surface area contributed by atoms with E-state index in [9.17, 15) is 13.2 Å². The smallest absolute Gasteiger partial charge is 0.257 e. The lowest BCUT2D eigenvalue weighted by Gasteiger charge is -2.34. The molecule has 2 heterocycles. The first-order valence-corrected chi connectivity index (χ1v) is 12.4. The van der Waals surface area contributed by atoms with E-state index < -0.39 is 10.0 Å². The molecule has 1 fully saturated rings. The summed E-state index contributed by atoms with van der Waals surface area (Å²) >= 11 is 1.35. The highest BCUT2D eigenvalue weighted by Crippen LogP contribution is 2.30. The maximum atomic E-state index is 13.0. The molecule has 164 valence electrons. The van der Waals surface area contributed by atoms with Crippen molar-refractivity contribution < 1.29 is 17.9 Å². The first-order valence-electron chi connectivity index (χ1n) is 10.1. The van der Waals surface area contributed by atoms with Gasteiger partial charge in [0.05, 0.1) is 22.2 Å². The molecule has 0 aliphatic carbocycles. The average Bonchev–Trinajstić information content (AvgIpc) is 3.14. The van der Waals surface area contributed by atoms with E-state index in [1.165, 1.54) is 35.6 Å². The maximum Gasteiger partial charge on any atom is 0.257 e. The van der Waals surface area contributed by atoms with E-state index in [0.717, 1.165) is 22.4 Å². The minimum absolute atomic E-state index is 0.206. The fourth-order valence-corrected chi connectivity index (χ4v) is 6.55. The minimum Gasteiger partial charge on any atom is -0.497 e. The van der Waals surface area contributed by atoms with E-state index in [1.807, 2.05) is 18.2 Å². The van der Waals surface area contributed by atoms with Gasteiger partial charge in [-0.3, -0.25) is 10.1 Å². The number of rotatable bonds is 5. The summed E-state index contributed by atoms with van der Waals surface area (Å²) in [7, 11) is -1.98. The molecule has 0 spiro atoms. The van der Waals surface area contributed by atoms with Gasteiger partial charge in [0.1, 0.15) is 5.75 Å². The van der Waals surface area contributed by atoms with E-state index in [4.69, 9.17) is 4.74 Å². The number of methoxy groups -OCH3 is 1. The number of amides is 1. The van der Waals surface area contributed by atoms with Gasteiger partial charge in [0.25, 0.3) is 5.91 Å². The van der Waals surface area contributed by atoms with Crippen LogP contribution in [0, 0.1) is 11.8 Å². The van der Waals surface area contributed by atoms with Crippen LogP contribution in [0.1, 0.15) is 30.6 Å². The molecule has 0 saturated carbocycles. The Bertz CT molecular complexity index is 1200. The Hall–Kier alpha value is -2.49. The second kappa shape index (κ2) is 8.57. The second-order valence-electron chi connectivity index (χ2n) is 8.10. The van der Waals surface area contributed by atoms with Gasteiger partial charge in [-0.15, -0.1) is 0 Å². The lowest BCUT2D eigenvalue weighted by atomic mass is 9.94. The molecule has 7 nitrogen and oxygen atoms in total. The van der Waals surface area contributed by atoms with Gasteiger partial charge in [0.15, 0.2) is 5.13 Å². The van der Waals surface area contributed by atoms with Crippen LogP contribution in [0.15, 0.2) is 47.4 Å². The van der Waals surface area contributed by atoms with Crippen LogP contribution >= 0.6 is 11.3 Å². The normalized spacial score (nSPS) is 20.0. The van der Waals surface area contributed by atoms with Crippen LogP contribution in [0.3, 0.4) is 0 Å². The predicted molar refractivity (Wildman–Crippen MR) is 122 cm³/mol. The molecule has 2 aromatic carbocycles. The van der Waals surface area contributed by atoms with Crippen molar-refractivity contribution >= 4 is 42.6 Å². The molecule has 1 aromatic heterocycles. The Kier molecular flexibility index (Phi) is 6.00. The molecule has 9 heteroatoms. The number of ether oxygens (including phenoxy) is 1. The Morgan fingerprint density at radius 3 is 2.45 bits per heavy atom. The summed E-state index contributed by atoms with van der Waals surface area (Å²) in [6.07, 6.45) is 1.03. The number of hydrogen-bond acceptors (Lipinski definition) is 6. The molecule has 1 aliphatic rings. The lowest BCUT2D eigenvalue weighted by molar-refractivity contribution is 0.102. The number of nitrogens with zero attached hydrogens (tertiary/aromatic N) is 2. The van der Waals surface area contributed by atoms with Gasteiger partial charge < -0.3 is 4.74 Å². The fraction of sp³-hybridized carbons (Fsp3) is 0.364. The molecule has 0 bridgehead atoms. The zero-order chi connectivity index (χ0) is 22.2. The van der Waals surface area contributed by atoms with E-state index >= 15 is 0 Å². The largest absolute Gasteiger partial charge is 0.497 e. The topological polar surface area (TPSA) is 88.6 Å². The minimum atomic E-state index is -3.57. The van der Waals surface area contributed by atoms with Crippen molar-refractivity contribution in [2.45, 2.75) is 25.2 Å². The molecule has 31 heavy (non-hydrogen) atoms. The third-order valence-electron chi connectivity index (χ3n) is 5.41. The Labute approximate surface area is 186 Å². The zero-order valence-electron chi connectivity index (χ0n) is 17.7. The number of fused-ring (bicyclic) bond motifs is 1. The van der Waals surface area contributed by atoms with Gasteiger partial charge in [-0.05, 0) is 60.7 Å². The number of piperidine rings is 1. The van der Waals surface area contributed by atoms with E-state index in [-0.39, 0.29) is 10.8 Å². The lowest BCUT2D eigenvalue weighted by Crippen LogP contribution is -2.42. The Morgan fingerprint density at radius 2 is 1.81 bits per heavy atom. The number of thiazole rings is 1. The summed E-state index contributed by atoms with van der Waals surface area (Å²) in [4.78, 5) is 17.3. The first-order chi connectivity index (χ1) is 14.8. The van der Waals surface area contributed by atoms with E-state index in [0.29, 0.717) is 35.6 Å². The summed E-state index contributed by atoms with van der Waals surface area (Å²) < 4.78 is 33.7. The van der Waals surface area contributed by atoms with Gasteiger partial charge in [0, 0.05) is 18.7 Å². The van der Waals surface area contributed by atoms with Crippen LogP contribution in [-0.2, 0) is 10.0 Å². The van der Waals surface area contributed by atoms with Crippen molar-refractivity contribution in [3.05, 3.63) is 48.0 Å². The molecule has 1 amide bonds. The molecule has 0 radical (unpaired) electrons. The molecule has 3 aromatic rings. The van der Waals surface area contributed by atoms with Crippen LogP contribution in [0.5, 0.6) is 5.75 Å². The summed E-state index contributed by atoms with van der Waals surface area (Å²) in [5, 5.41) is 3.26. The van der Waals surface area contributed by atoms with E-state index in [1.54, 1.807) is 11.4 Å². The number of nitrogens with one attached hydrogen (secondary N) is 1. The summed E-state index contributed by atoms with van der Waals surface area (Å²) in [5.74, 6) is 1.05. The van der Waals surface area contributed by atoms with Gasteiger partial charge in [-0.25, -0.2) is 13.4 Å². The van der Waals surface area contributed by atoms with Gasteiger partial charge in [-0.2, -0.15) is 4.31 Å². The quantitative estimate of drug-likeness (QED) is 0.617. The van der Waals surface area contributed by atoms with Crippen LogP contribution in [-0.4, -0.2) is 43.8 Å². The van der Waals surface area contributed by atoms with Gasteiger partial charge in [-0.1, -0.05) is 25.2 Å². The summed E-state index contributed by atoms with van der Waals surface area (Å²) in [6.45, 7) is 5.20. The van der Waals surface area contributed by atoms with Crippen molar-refractivity contribution in [2.24, 2.45) is 11.8 Å². The number of benzene rings is 2. The fourth-order valence-electron chi connectivity index (χ4n) is 3.98. The van der Waals surface area contributed by atoms with Crippen LogP contribution in [0.4, 0.5) is 5.13 Å². The zero-order valence-corrected chi connectivity index (χ0v) is 19.3. The third kappa shape index (κ3) is 4.58. The van der Waals surface area contributed by atoms with Gasteiger partial charge >= 0.3 is 0 Å². The SMILES string of the molecule is COc1ccc2nc(NC(=O)c3ccc(S(=O)(=O)N4CC(C)CC(C)C4)cc3)sc2c1. The third-order valence-corrected chi connectivity index (χ3v) is 8.19. The summed E-state index contributed by atoms with van der Waals surface area (Å²) in [6, 6.07) is 11.6. The molecule has 2 unspecified atom stereocenters. The average molecular weight is 460 g/mol. The monoisotopic (exact) mass is 459 g/mol. The van der Waals surface area contributed by atoms with Crippen LogP contribution in [0.2, 0.25) is 0 Å². The summed E-state index contributed by atoms with van der Waals surface area (Å²) in [5.41, 5.74) is 1.14. The van der Waals surface area contributed by atoms with Crippen molar-refractivity contribution in [3.8, 4) is 5.75 Å². The van der Waals surface area contributed by atoms with Crippen molar-refractivity contribution in [2.75, 3.05) is 25.5 Å². The standard InChI is InChI=1S/C22H25N3O4S2/c1-14-10-15(2)13-25(12-14)31(27,28)18-7-4-16(5-8-18)21(26)24-22-23-19-9-6-17(29-3)11-20(19)30-22/h4-9,11,14-15H,10,12-13H2,1-3H3,(H,23,24,26). The molecule has 1 saturated heterocycles. The van der Waals surface area contributed by atoms with Crippen LogP contribution in [0.25, 0.3) is 10.2 Å². The number of aromatic nitrogens is 1. The molecule has 1 aliphatic heterocycles. The first kappa shape index (κ1) is 21.7. The molecule has 2 atom stereocenters. The maximum absolute atomic E-state index is 13.0. The van der Waals surface area contributed by atoms with Crippen molar-refractivity contribution in [3.63, 3.8) is 0 Å². The van der Waals surface area contributed by atoms with E-state index in [2.05, 4.69) is 24.1 Å². The van der Waals surface area contributed by atoms with Gasteiger partial charge in [0.2, 0.25) is 10.0 Å². The number of carbonyl (C=O) groups excluding carboxylic acids is 1. The van der Waals surface area contributed by atoms with Crippen LogP contribution < -0.4 is 10.1 Å². The molecular weight excluding hydrogens is 434 g/mol. The predicted octanol–water partition coefficient (Wildman–Crippen LogP) is 4.22. The second-order valence-corrected chi connectivity index (χ2v) is 11.1. The highest BCUT2D eigenvalue weighted by atomic mass is 32.2. The molecule has 4 rings (SSSR count).